The molecule has 3 unspecified atom stereocenters. The number of hydrogen-bond acceptors (Lipinski definition) is 5. The molecular weight excluding hydrogens is 384 g/mol. The Morgan fingerprint density at radius 1 is 1.03 bits per heavy atom. The monoisotopic (exact) mass is 428 g/mol. The molecule has 3 N–H and O–H groups in total. The van der Waals surface area contributed by atoms with Gasteiger partial charge in [0.15, 0.2) is 6.10 Å². The number of nitrogens with one attached hydrogen (secondary N) is 1. The van der Waals surface area contributed by atoms with Crippen LogP contribution in [0.4, 0.5) is 0 Å². The van der Waals surface area contributed by atoms with Gasteiger partial charge in [0.25, 0.3) is 0 Å². The molecule has 3 atom stereocenters. The number of nitrogens with two attached hydrogens (primary N) is 1. The predicted octanol–water partition coefficient (Wildman–Crippen LogP) is 3.89. The Balaban J connectivity index is 0. The summed E-state index contributed by atoms with van der Waals surface area (Å²) >= 11 is 0. The molecule has 0 heterocycles. The molecule has 30 heavy (non-hydrogen) atoms. The Labute approximate surface area is 183 Å². The first kappa shape index (κ1) is 30.3. The van der Waals surface area contributed by atoms with E-state index in [1.165, 1.54) is 20.5 Å². The first-order valence-electron chi connectivity index (χ1n) is 11.2. The lowest BCUT2D eigenvalue weighted by Gasteiger charge is -2.22. The summed E-state index contributed by atoms with van der Waals surface area (Å²) in [6.45, 7) is 10.5. The van der Waals surface area contributed by atoms with Gasteiger partial charge in [-0.25, -0.2) is 0 Å². The number of methoxy groups -OCH3 is 1. The van der Waals surface area contributed by atoms with Gasteiger partial charge >= 0.3 is 5.97 Å². The van der Waals surface area contributed by atoms with Gasteiger partial charge in [-0.15, -0.1) is 0 Å². The number of primary amides is 1. The maximum absolute atomic E-state index is 11.3. The van der Waals surface area contributed by atoms with Crippen LogP contribution in [0.1, 0.15) is 86.0 Å². The van der Waals surface area contributed by atoms with Crippen LogP contribution in [0.2, 0.25) is 0 Å². The molecule has 0 saturated carbocycles. The van der Waals surface area contributed by atoms with Gasteiger partial charge in [0.1, 0.15) is 6.10 Å². The van der Waals surface area contributed by atoms with Crippen LogP contribution in [0.25, 0.3) is 0 Å². The highest BCUT2D eigenvalue weighted by Crippen LogP contribution is 2.15. The molecule has 0 spiro atoms. The summed E-state index contributed by atoms with van der Waals surface area (Å²) in [6, 6.07) is 0. The third-order valence-electron chi connectivity index (χ3n) is 4.45. The molecule has 0 aromatic heterocycles. The largest absolute Gasteiger partial charge is 0.459 e. The van der Waals surface area contributed by atoms with E-state index < -0.39 is 24.1 Å². The van der Waals surface area contributed by atoms with Crippen molar-refractivity contribution >= 4 is 17.8 Å². The van der Waals surface area contributed by atoms with Gasteiger partial charge in [0.2, 0.25) is 11.8 Å². The minimum Gasteiger partial charge on any atom is -0.459 e. The number of hydrogen-bond donors (Lipinski definition) is 2. The number of amides is 2. The average molecular weight is 429 g/mol. The van der Waals surface area contributed by atoms with Crippen molar-refractivity contribution in [1.29, 1.82) is 0 Å². The van der Waals surface area contributed by atoms with Crippen molar-refractivity contribution < 1.29 is 23.9 Å². The van der Waals surface area contributed by atoms with Crippen molar-refractivity contribution in [3.05, 3.63) is 12.2 Å². The van der Waals surface area contributed by atoms with Crippen LogP contribution >= 0.6 is 0 Å². The minimum atomic E-state index is -0.903. The molecule has 176 valence electrons. The van der Waals surface area contributed by atoms with E-state index in [9.17, 15) is 14.4 Å². The quantitative estimate of drug-likeness (QED) is 0.304. The van der Waals surface area contributed by atoms with Gasteiger partial charge in [-0.3, -0.25) is 14.4 Å². The van der Waals surface area contributed by atoms with Crippen LogP contribution in [-0.4, -0.2) is 43.6 Å². The summed E-state index contributed by atoms with van der Waals surface area (Å²) in [5.74, 6) is -0.300. The summed E-state index contributed by atoms with van der Waals surface area (Å²) in [7, 11) is 1.39. The van der Waals surface area contributed by atoms with Crippen molar-refractivity contribution in [2.45, 2.75) is 98.2 Å². The standard InChI is InChI=1S/C16H29NO4.C7H15NO/c1-5-9-13(6-2)10-7-8-11-14(21-12(3)18)15(20-4)16(17)19;1-3-5-7(9)8-6-4-2/h7,10,13-15H,5-6,8-9,11H2,1-4H3,(H2,17,19);3-6H2,1-2H3,(H,8,9)/b10-7+;. The van der Waals surface area contributed by atoms with Crippen LogP contribution in [0.15, 0.2) is 12.2 Å². The van der Waals surface area contributed by atoms with Crippen LogP contribution in [-0.2, 0) is 23.9 Å². The van der Waals surface area contributed by atoms with E-state index in [0.717, 1.165) is 32.2 Å². The number of carbonyl (C=O) groups excluding carboxylic acids is 3. The highest BCUT2D eigenvalue weighted by molar-refractivity contribution is 5.80. The van der Waals surface area contributed by atoms with E-state index in [2.05, 4.69) is 31.3 Å². The van der Waals surface area contributed by atoms with E-state index in [4.69, 9.17) is 15.2 Å². The predicted molar refractivity (Wildman–Crippen MR) is 121 cm³/mol. The van der Waals surface area contributed by atoms with E-state index in [-0.39, 0.29) is 5.91 Å². The molecule has 0 bridgehead atoms. The molecule has 0 aliphatic rings. The Hall–Kier alpha value is -1.89. The van der Waals surface area contributed by atoms with Gasteiger partial charge in [-0.05, 0) is 44.4 Å². The van der Waals surface area contributed by atoms with Gasteiger partial charge < -0.3 is 20.5 Å². The molecular formula is C23H44N2O5. The van der Waals surface area contributed by atoms with Crippen LogP contribution in [0.3, 0.4) is 0 Å². The molecule has 0 saturated heterocycles. The third kappa shape index (κ3) is 17.0. The zero-order chi connectivity index (χ0) is 23.4. The molecule has 2 amide bonds. The van der Waals surface area contributed by atoms with Crippen molar-refractivity contribution in [2.24, 2.45) is 11.7 Å². The molecule has 0 aromatic rings. The highest BCUT2D eigenvalue weighted by atomic mass is 16.6. The van der Waals surface area contributed by atoms with Gasteiger partial charge in [0, 0.05) is 27.0 Å². The molecule has 0 aliphatic carbocycles. The van der Waals surface area contributed by atoms with Crippen molar-refractivity contribution in [3.8, 4) is 0 Å². The molecule has 7 heteroatoms. The van der Waals surface area contributed by atoms with Gasteiger partial charge in [0.05, 0.1) is 0 Å². The molecule has 0 rings (SSSR count). The normalized spacial score (nSPS) is 13.7. The Morgan fingerprint density at radius 3 is 2.13 bits per heavy atom. The van der Waals surface area contributed by atoms with E-state index in [1.807, 2.05) is 13.8 Å². The molecule has 7 nitrogen and oxygen atoms in total. The zero-order valence-electron chi connectivity index (χ0n) is 19.9. The average Bonchev–Trinajstić information content (AvgIpc) is 2.69. The highest BCUT2D eigenvalue weighted by Gasteiger charge is 2.28. The van der Waals surface area contributed by atoms with Crippen LogP contribution < -0.4 is 11.1 Å². The van der Waals surface area contributed by atoms with Gasteiger partial charge in [-0.1, -0.05) is 46.3 Å². The smallest absolute Gasteiger partial charge is 0.303 e. The molecule has 0 radical (unpaired) electrons. The second-order valence-electron chi connectivity index (χ2n) is 7.27. The maximum Gasteiger partial charge on any atom is 0.303 e. The maximum atomic E-state index is 11.3. The lowest BCUT2D eigenvalue weighted by Crippen LogP contribution is -2.42. The summed E-state index contributed by atoms with van der Waals surface area (Å²) in [5, 5.41) is 2.79. The Kier molecular flexibility index (Phi) is 20.6. The second kappa shape index (κ2) is 20.4. The number of allylic oxidation sites excluding steroid dienone is 2. The number of esters is 1. The zero-order valence-corrected chi connectivity index (χ0v) is 19.9. The fraction of sp³-hybridized carbons (Fsp3) is 0.783. The first-order valence-corrected chi connectivity index (χ1v) is 11.2. The third-order valence-corrected chi connectivity index (χ3v) is 4.45. The van der Waals surface area contributed by atoms with E-state index in [0.29, 0.717) is 25.2 Å². The SMILES string of the molecule is CCCC(/C=C/CCC(OC(C)=O)C(OC)C(N)=O)CC.CCCNC(=O)CCC. The summed E-state index contributed by atoms with van der Waals surface area (Å²) < 4.78 is 10.2. The van der Waals surface area contributed by atoms with Gasteiger partial charge in [-0.2, -0.15) is 0 Å². The number of ether oxygens (including phenoxy) is 2. The number of rotatable bonds is 15. The minimum absolute atomic E-state index is 0.180. The fourth-order valence-electron chi connectivity index (χ4n) is 2.87. The van der Waals surface area contributed by atoms with Crippen molar-refractivity contribution in [2.75, 3.05) is 13.7 Å². The van der Waals surface area contributed by atoms with E-state index >= 15 is 0 Å². The van der Waals surface area contributed by atoms with Crippen LogP contribution in [0, 0.1) is 5.92 Å². The van der Waals surface area contributed by atoms with E-state index in [1.54, 1.807) is 0 Å². The van der Waals surface area contributed by atoms with Crippen molar-refractivity contribution in [3.63, 3.8) is 0 Å². The molecule has 0 aliphatic heterocycles. The summed E-state index contributed by atoms with van der Waals surface area (Å²) in [4.78, 5) is 33.1. The topological polar surface area (TPSA) is 108 Å². The van der Waals surface area contributed by atoms with Crippen molar-refractivity contribution in [1.82, 2.24) is 5.32 Å². The van der Waals surface area contributed by atoms with Crippen LogP contribution in [0.5, 0.6) is 0 Å². The second-order valence-corrected chi connectivity index (χ2v) is 7.27. The fourth-order valence-corrected chi connectivity index (χ4v) is 2.87. The molecule has 0 fully saturated rings. The Bertz CT molecular complexity index is 494. The first-order chi connectivity index (χ1) is 14.3. The number of carbonyl (C=O) groups is 3. The summed E-state index contributed by atoms with van der Waals surface area (Å²) in [5.41, 5.74) is 5.26. The molecule has 0 aromatic carbocycles. The lowest BCUT2D eigenvalue weighted by atomic mass is 9.99. The Morgan fingerprint density at radius 2 is 1.70 bits per heavy atom. The lowest BCUT2D eigenvalue weighted by molar-refractivity contribution is -0.157. The summed E-state index contributed by atoms with van der Waals surface area (Å²) in [6.07, 6.45) is 10.0.